The Labute approximate surface area is 232 Å². The molecule has 0 radical (unpaired) electrons. The molecule has 0 aliphatic heterocycles. The Morgan fingerprint density at radius 2 is 0.974 bits per heavy atom. The maximum Gasteiger partial charge on any atom is 0.0541 e. The van der Waals surface area contributed by atoms with Gasteiger partial charge in [-0.2, -0.15) is 0 Å². The Kier molecular flexibility index (Phi) is 4.89. The molecule has 0 atom stereocenters. The van der Waals surface area contributed by atoms with Crippen molar-refractivity contribution in [3.05, 3.63) is 101 Å². The van der Waals surface area contributed by atoms with Crippen LogP contribution in [0.4, 0.5) is 0 Å². The van der Waals surface area contributed by atoms with Gasteiger partial charge < -0.3 is 4.57 Å². The van der Waals surface area contributed by atoms with E-state index in [1.165, 1.54) is 70.9 Å². The van der Waals surface area contributed by atoms with Gasteiger partial charge >= 0.3 is 0 Å². The van der Waals surface area contributed by atoms with Gasteiger partial charge in [0, 0.05) is 20.6 Å². The van der Waals surface area contributed by atoms with Crippen LogP contribution in [0, 0.1) is 0 Å². The van der Waals surface area contributed by atoms with Crippen LogP contribution in [0.25, 0.3) is 59.8 Å². The van der Waals surface area contributed by atoms with Crippen LogP contribution in [0.2, 0.25) is 0 Å². The van der Waals surface area contributed by atoms with E-state index in [1.54, 1.807) is 0 Å². The first-order chi connectivity index (χ1) is 18.0. The average molecular weight is 559 g/mol. The van der Waals surface area contributed by atoms with Gasteiger partial charge in [-0.25, -0.2) is 0 Å². The zero-order valence-electron chi connectivity index (χ0n) is 22.9. The summed E-state index contributed by atoms with van der Waals surface area (Å²) in [5.74, 6) is 0. The van der Waals surface area contributed by atoms with E-state index in [-0.39, 0.29) is 10.8 Å². The van der Waals surface area contributed by atoms with Crippen LogP contribution in [0.15, 0.2) is 89.4 Å². The zero-order valence-corrected chi connectivity index (χ0v) is 24.5. The zero-order chi connectivity index (χ0) is 26.6. The predicted octanol–water partition coefficient (Wildman–Crippen LogP) is 11.0. The normalized spacial score (nSPS) is 13.1. The van der Waals surface area contributed by atoms with E-state index in [4.69, 9.17) is 0 Å². The highest BCUT2D eigenvalue weighted by molar-refractivity contribution is 9.10. The number of rotatable bonds is 1. The van der Waals surface area contributed by atoms with E-state index in [2.05, 4.69) is 147 Å². The second kappa shape index (κ2) is 7.83. The second-order valence-electron chi connectivity index (χ2n) is 12.9. The number of aromatic nitrogens is 1. The van der Waals surface area contributed by atoms with E-state index in [0.717, 1.165) is 4.47 Å². The summed E-state index contributed by atoms with van der Waals surface area (Å²) in [6, 6.07) is 32.2. The molecule has 0 unspecified atom stereocenters. The largest absolute Gasteiger partial charge is 0.309 e. The van der Waals surface area contributed by atoms with Crippen molar-refractivity contribution >= 4 is 70.1 Å². The number of nitrogens with zero attached hydrogens (tertiary/aromatic N) is 1. The van der Waals surface area contributed by atoms with Crippen molar-refractivity contribution in [1.29, 1.82) is 0 Å². The smallest absolute Gasteiger partial charge is 0.0541 e. The van der Waals surface area contributed by atoms with Crippen LogP contribution >= 0.6 is 15.9 Å². The van der Waals surface area contributed by atoms with Crippen molar-refractivity contribution in [2.45, 2.75) is 52.4 Å². The average Bonchev–Trinajstić information content (AvgIpc) is 3.20. The molecule has 0 aliphatic carbocycles. The SMILES string of the molecule is CC(C)(C)c1ccc2c(c1)c1cc(C(C)(C)C)ccc1n2-c1ccc2ccc3c(Br)ccc4ccc1c2c43. The molecule has 1 aromatic heterocycles. The summed E-state index contributed by atoms with van der Waals surface area (Å²) in [5.41, 5.74) is 6.66. The molecule has 0 N–H and O–H groups in total. The molecule has 0 fully saturated rings. The molecule has 6 aromatic carbocycles. The van der Waals surface area contributed by atoms with Crippen molar-refractivity contribution in [2.24, 2.45) is 0 Å². The summed E-state index contributed by atoms with van der Waals surface area (Å²) in [4.78, 5) is 0. The topological polar surface area (TPSA) is 4.93 Å². The molecule has 0 bridgehead atoms. The van der Waals surface area contributed by atoms with Crippen LogP contribution in [0.5, 0.6) is 0 Å². The van der Waals surface area contributed by atoms with Gasteiger partial charge in [0.05, 0.1) is 16.7 Å². The third kappa shape index (κ3) is 3.36. The molecule has 38 heavy (non-hydrogen) atoms. The monoisotopic (exact) mass is 557 g/mol. The number of benzene rings is 6. The second-order valence-corrected chi connectivity index (χ2v) is 13.7. The fourth-order valence-corrected chi connectivity index (χ4v) is 6.62. The summed E-state index contributed by atoms with van der Waals surface area (Å²) in [7, 11) is 0. The van der Waals surface area contributed by atoms with Crippen molar-refractivity contribution in [2.75, 3.05) is 0 Å². The Morgan fingerprint density at radius 3 is 1.53 bits per heavy atom. The van der Waals surface area contributed by atoms with Crippen molar-refractivity contribution in [1.82, 2.24) is 4.57 Å². The number of fused-ring (bicyclic) bond motifs is 3. The first-order valence-electron chi connectivity index (χ1n) is 13.5. The molecule has 7 aromatic rings. The Hall–Kier alpha value is -3.36. The highest BCUT2D eigenvalue weighted by Gasteiger charge is 2.22. The summed E-state index contributed by atoms with van der Waals surface area (Å²) >= 11 is 3.80. The first-order valence-corrected chi connectivity index (χ1v) is 14.3. The molecule has 0 saturated carbocycles. The summed E-state index contributed by atoms with van der Waals surface area (Å²) in [6.07, 6.45) is 0. The van der Waals surface area contributed by atoms with E-state index < -0.39 is 0 Å². The van der Waals surface area contributed by atoms with Crippen LogP contribution < -0.4 is 0 Å². The van der Waals surface area contributed by atoms with E-state index in [0.29, 0.717) is 0 Å². The van der Waals surface area contributed by atoms with Gasteiger partial charge in [0.15, 0.2) is 0 Å². The van der Waals surface area contributed by atoms with Crippen LogP contribution in [0.1, 0.15) is 52.7 Å². The predicted molar refractivity (Wildman–Crippen MR) is 170 cm³/mol. The fraction of sp³-hybridized carbons (Fsp3) is 0.222. The molecule has 7 rings (SSSR count). The quantitative estimate of drug-likeness (QED) is 0.177. The number of hydrogen-bond donors (Lipinski definition) is 0. The summed E-state index contributed by atoms with van der Waals surface area (Å²) in [5, 5.41) is 10.4. The lowest BCUT2D eigenvalue weighted by molar-refractivity contribution is 0.590. The van der Waals surface area contributed by atoms with Gasteiger partial charge in [-0.15, -0.1) is 0 Å². The lowest BCUT2D eigenvalue weighted by Crippen LogP contribution is -2.10. The fourth-order valence-electron chi connectivity index (χ4n) is 6.16. The van der Waals surface area contributed by atoms with Gasteiger partial charge in [-0.05, 0) is 85.3 Å². The number of hydrogen-bond acceptors (Lipinski definition) is 0. The Morgan fingerprint density at radius 1 is 0.500 bits per heavy atom. The minimum atomic E-state index is 0.0879. The van der Waals surface area contributed by atoms with Crippen LogP contribution in [-0.2, 0) is 10.8 Å². The molecule has 0 amide bonds. The van der Waals surface area contributed by atoms with Gasteiger partial charge in [-0.1, -0.05) is 106 Å². The van der Waals surface area contributed by atoms with Gasteiger partial charge in [0.2, 0.25) is 0 Å². The lowest BCUT2D eigenvalue weighted by Gasteiger charge is -2.19. The third-order valence-electron chi connectivity index (χ3n) is 8.33. The van der Waals surface area contributed by atoms with E-state index in [9.17, 15) is 0 Å². The maximum absolute atomic E-state index is 3.80. The van der Waals surface area contributed by atoms with Gasteiger partial charge in [0.25, 0.3) is 0 Å². The van der Waals surface area contributed by atoms with E-state index >= 15 is 0 Å². The van der Waals surface area contributed by atoms with Gasteiger partial charge in [-0.3, -0.25) is 0 Å². The molecular formula is C36H32BrN. The Bertz CT molecular complexity index is 1970. The molecule has 0 spiro atoms. The molecule has 2 heteroatoms. The van der Waals surface area contributed by atoms with Crippen LogP contribution in [-0.4, -0.2) is 4.57 Å². The lowest BCUT2D eigenvalue weighted by atomic mass is 9.85. The maximum atomic E-state index is 3.80. The van der Waals surface area contributed by atoms with E-state index in [1.807, 2.05) is 0 Å². The number of halogens is 1. The highest BCUT2D eigenvalue weighted by atomic mass is 79.9. The standard InChI is InChI=1S/C36H32BrN/c1-35(2,3)23-11-17-31-27(19-23)28-20-24(36(4,5)6)12-18-32(28)38(31)30-16-10-22-7-13-25-29(37)15-9-21-8-14-26(30)34(22)33(21)25/h7-20H,1-6H3. The summed E-state index contributed by atoms with van der Waals surface area (Å²) < 4.78 is 3.64. The summed E-state index contributed by atoms with van der Waals surface area (Å²) in [6.45, 7) is 13.8. The highest BCUT2D eigenvalue weighted by Crippen LogP contribution is 2.43. The van der Waals surface area contributed by atoms with Crippen molar-refractivity contribution in [3.63, 3.8) is 0 Å². The third-order valence-corrected chi connectivity index (χ3v) is 9.02. The molecule has 1 nitrogen and oxygen atoms in total. The van der Waals surface area contributed by atoms with Crippen LogP contribution in [0.3, 0.4) is 0 Å². The Balaban J connectivity index is 1.64. The first kappa shape index (κ1) is 23.7. The van der Waals surface area contributed by atoms with Crippen molar-refractivity contribution < 1.29 is 0 Å². The van der Waals surface area contributed by atoms with Crippen molar-refractivity contribution in [3.8, 4) is 5.69 Å². The molecule has 0 saturated heterocycles. The minimum absolute atomic E-state index is 0.0879. The molecule has 1 heterocycles. The molecule has 0 aliphatic rings. The van der Waals surface area contributed by atoms with Gasteiger partial charge in [0.1, 0.15) is 0 Å². The molecular weight excluding hydrogens is 526 g/mol. The minimum Gasteiger partial charge on any atom is -0.309 e. The molecule has 188 valence electrons.